The Morgan fingerprint density at radius 1 is 1.17 bits per heavy atom. The number of halogens is 1. The number of benzene rings is 1. The predicted molar refractivity (Wildman–Crippen MR) is 95.2 cm³/mol. The van der Waals surface area contributed by atoms with Crippen LogP contribution in [0.3, 0.4) is 0 Å². The number of hydrogen-bond donors (Lipinski definition) is 2. The third-order valence-electron chi connectivity index (χ3n) is 3.29. The lowest BCUT2D eigenvalue weighted by molar-refractivity contribution is 0.0995. The van der Waals surface area contributed by atoms with Crippen LogP contribution in [0.2, 0.25) is 0 Å². The van der Waals surface area contributed by atoms with E-state index in [4.69, 9.17) is 5.73 Å². The van der Waals surface area contributed by atoms with Gasteiger partial charge in [-0.1, -0.05) is 34.1 Å². The van der Waals surface area contributed by atoms with Crippen molar-refractivity contribution in [1.82, 2.24) is 15.0 Å². The zero-order valence-corrected chi connectivity index (χ0v) is 14.2. The Labute approximate surface area is 147 Å². The number of pyridine rings is 1. The SMILES string of the molecule is NC(=O)c1cc(-c2ccc(Br)cc2)nc(NCc2cccnc2)n1. The van der Waals surface area contributed by atoms with E-state index in [0.29, 0.717) is 18.2 Å². The van der Waals surface area contributed by atoms with Gasteiger partial charge in [-0.15, -0.1) is 0 Å². The van der Waals surface area contributed by atoms with Gasteiger partial charge in [-0.25, -0.2) is 9.97 Å². The second kappa shape index (κ2) is 7.18. The van der Waals surface area contributed by atoms with Gasteiger partial charge in [0.1, 0.15) is 5.69 Å². The summed E-state index contributed by atoms with van der Waals surface area (Å²) in [6.45, 7) is 0.496. The van der Waals surface area contributed by atoms with E-state index < -0.39 is 5.91 Å². The van der Waals surface area contributed by atoms with Crippen LogP contribution in [0.25, 0.3) is 11.3 Å². The van der Waals surface area contributed by atoms with Gasteiger partial charge in [0, 0.05) is 29.0 Å². The van der Waals surface area contributed by atoms with E-state index in [0.717, 1.165) is 15.6 Å². The first-order valence-electron chi connectivity index (χ1n) is 7.19. The maximum Gasteiger partial charge on any atom is 0.267 e. The molecule has 24 heavy (non-hydrogen) atoms. The number of primary amides is 1. The van der Waals surface area contributed by atoms with Crippen molar-refractivity contribution in [3.8, 4) is 11.3 Å². The first kappa shape index (κ1) is 16.1. The molecule has 1 amide bonds. The first-order valence-corrected chi connectivity index (χ1v) is 7.99. The molecule has 0 saturated heterocycles. The molecule has 0 aliphatic carbocycles. The minimum absolute atomic E-state index is 0.164. The van der Waals surface area contributed by atoms with Crippen molar-refractivity contribution in [3.05, 3.63) is 70.6 Å². The molecule has 0 radical (unpaired) electrons. The van der Waals surface area contributed by atoms with Gasteiger partial charge < -0.3 is 11.1 Å². The fraction of sp³-hybridized carbons (Fsp3) is 0.0588. The quantitative estimate of drug-likeness (QED) is 0.705. The van der Waals surface area contributed by atoms with Crippen LogP contribution in [0.5, 0.6) is 0 Å². The predicted octanol–water partition coefficient (Wildman–Crippen LogP) is 3.01. The first-order chi connectivity index (χ1) is 11.6. The summed E-state index contributed by atoms with van der Waals surface area (Å²) in [5.41, 5.74) is 8.03. The Bertz CT molecular complexity index is 853. The third kappa shape index (κ3) is 3.94. The zero-order chi connectivity index (χ0) is 16.9. The molecule has 2 aromatic heterocycles. The summed E-state index contributed by atoms with van der Waals surface area (Å²) in [4.78, 5) is 24.2. The Balaban J connectivity index is 1.91. The van der Waals surface area contributed by atoms with E-state index >= 15 is 0 Å². The zero-order valence-electron chi connectivity index (χ0n) is 12.6. The monoisotopic (exact) mass is 383 g/mol. The van der Waals surface area contributed by atoms with Crippen molar-refractivity contribution in [1.29, 1.82) is 0 Å². The highest BCUT2D eigenvalue weighted by Crippen LogP contribution is 2.22. The fourth-order valence-electron chi connectivity index (χ4n) is 2.10. The largest absolute Gasteiger partial charge is 0.364 e. The maximum absolute atomic E-state index is 11.6. The molecule has 7 heteroatoms. The lowest BCUT2D eigenvalue weighted by atomic mass is 10.1. The third-order valence-corrected chi connectivity index (χ3v) is 3.82. The second-order valence-corrected chi connectivity index (χ2v) is 5.96. The number of carbonyl (C=O) groups is 1. The van der Waals surface area contributed by atoms with Crippen molar-refractivity contribution in [3.63, 3.8) is 0 Å². The van der Waals surface area contributed by atoms with Gasteiger partial charge in [-0.2, -0.15) is 0 Å². The summed E-state index contributed by atoms with van der Waals surface area (Å²) in [6, 6.07) is 13.0. The van der Waals surface area contributed by atoms with Crippen LogP contribution >= 0.6 is 15.9 Å². The van der Waals surface area contributed by atoms with Crippen LogP contribution in [0.4, 0.5) is 5.95 Å². The van der Waals surface area contributed by atoms with E-state index in [2.05, 4.69) is 36.2 Å². The van der Waals surface area contributed by atoms with Gasteiger partial charge in [0.2, 0.25) is 5.95 Å². The molecule has 3 aromatic rings. The number of nitrogens with one attached hydrogen (secondary N) is 1. The van der Waals surface area contributed by atoms with Crippen molar-refractivity contribution in [2.75, 3.05) is 5.32 Å². The van der Waals surface area contributed by atoms with Crippen molar-refractivity contribution < 1.29 is 4.79 Å². The lowest BCUT2D eigenvalue weighted by Gasteiger charge is -2.09. The van der Waals surface area contributed by atoms with Gasteiger partial charge in [-0.3, -0.25) is 9.78 Å². The number of rotatable bonds is 5. The highest BCUT2D eigenvalue weighted by atomic mass is 79.9. The molecular formula is C17H14BrN5O. The summed E-state index contributed by atoms with van der Waals surface area (Å²) in [6.07, 6.45) is 3.46. The second-order valence-electron chi connectivity index (χ2n) is 5.05. The molecule has 0 atom stereocenters. The molecule has 0 saturated carbocycles. The van der Waals surface area contributed by atoms with Crippen LogP contribution in [0.1, 0.15) is 16.1 Å². The standard InChI is InChI=1S/C17H14BrN5O/c18-13-5-3-12(4-6-13)14-8-15(16(19)24)23-17(22-14)21-10-11-2-1-7-20-9-11/h1-9H,10H2,(H2,19,24)(H,21,22,23). The molecule has 3 rings (SSSR count). The Morgan fingerprint density at radius 3 is 2.62 bits per heavy atom. The van der Waals surface area contributed by atoms with E-state index in [1.807, 2.05) is 36.4 Å². The summed E-state index contributed by atoms with van der Waals surface area (Å²) in [5, 5.41) is 3.10. The minimum Gasteiger partial charge on any atom is -0.364 e. The molecular weight excluding hydrogens is 370 g/mol. The van der Waals surface area contributed by atoms with Crippen LogP contribution in [-0.4, -0.2) is 20.9 Å². The summed E-state index contributed by atoms with van der Waals surface area (Å²) in [7, 11) is 0. The molecule has 0 aliphatic heterocycles. The van der Waals surface area contributed by atoms with Crippen molar-refractivity contribution >= 4 is 27.8 Å². The van der Waals surface area contributed by atoms with E-state index in [1.54, 1.807) is 18.5 Å². The molecule has 6 nitrogen and oxygen atoms in total. The number of nitrogens with zero attached hydrogens (tertiary/aromatic N) is 3. The van der Waals surface area contributed by atoms with Crippen LogP contribution in [0.15, 0.2) is 59.3 Å². The molecule has 3 N–H and O–H groups in total. The molecule has 2 heterocycles. The molecule has 0 fully saturated rings. The van der Waals surface area contributed by atoms with E-state index in [-0.39, 0.29) is 5.69 Å². The molecule has 0 bridgehead atoms. The lowest BCUT2D eigenvalue weighted by Crippen LogP contribution is -2.15. The average molecular weight is 384 g/mol. The topological polar surface area (TPSA) is 93.8 Å². The van der Waals surface area contributed by atoms with Crippen molar-refractivity contribution in [2.24, 2.45) is 5.73 Å². The van der Waals surface area contributed by atoms with Gasteiger partial charge in [0.05, 0.1) is 5.69 Å². The number of aromatic nitrogens is 3. The molecule has 120 valence electrons. The summed E-state index contributed by atoms with van der Waals surface area (Å²) < 4.78 is 0.963. The highest BCUT2D eigenvalue weighted by molar-refractivity contribution is 9.10. The van der Waals surface area contributed by atoms with Crippen LogP contribution < -0.4 is 11.1 Å². The minimum atomic E-state index is -0.597. The van der Waals surface area contributed by atoms with Gasteiger partial charge in [0.25, 0.3) is 5.91 Å². The molecule has 0 spiro atoms. The highest BCUT2D eigenvalue weighted by Gasteiger charge is 2.10. The Hall–Kier alpha value is -2.80. The van der Waals surface area contributed by atoms with Crippen molar-refractivity contribution in [2.45, 2.75) is 6.54 Å². The molecule has 1 aromatic carbocycles. The smallest absolute Gasteiger partial charge is 0.267 e. The normalized spacial score (nSPS) is 10.4. The molecule has 0 aliphatic rings. The number of hydrogen-bond acceptors (Lipinski definition) is 5. The number of nitrogens with two attached hydrogens (primary N) is 1. The van der Waals surface area contributed by atoms with Gasteiger partial charge >= 0.3 is 0 Å². The Kier molecular flexibility index (Phi) is 4.81. The van der Waals surface area contributed by atoms with Gasteiger partial charge in [0.15, 0.2) is 0 Å². The number of amides is 1. The summed E-state index contributed by atoms with van der Waals surface area (Å²) >= 11 is 3.40. The fourth-order valence-corrected chi connectivity index (χ4v) is 2.37. The Morgan fingerprint density at radius 2 is 1.96 bits per heavy atom. The number of anilines is 1. The number of carbonyl (C=O) groups excluding carboxylic acids is 1. The van der Waals surface area contributed by atoms with Crippen LogP contribution in [0, 0.1) is 0 Å². The van der Waals surface area contributed by atoms with E-state index in [9.17, 15) is 4.79 Å². The average Bonchev–Trinajstić information content (AvgIpc) is 2.61. The van der Waals surface area contributed by atoms with Crippen LogP contribution in [-0.2, 0) is 6.54 Å². The maximum atomic E-state index is 11.6. The summed E-state index contributed by atoms with van der Waals surface area (Å²) in [5.74, 6) is -0.256. The molecule has 0 unspecified atom stereocenters. The van der Waals surface area contributed by atoms with E-state index in [1.165, 1.54) is 0 Å². The van der Waals surface area contributed by atoms with Gasteiger partial charge in [-0.05, 0) is 29.8 Å².